The van der Waals surface area contributed by atoms with Gasteiger partial charge in [-0.2, -0.15) is 0 Å². The molecule has 6 heteroatoms. The second-order valence-electron chi connectivity index (χ2n) is 7.41. The zero-order valence-corrected chi connectivity index (χ0v) is 15.2. The molecule has 3 nitrogen and oxygen atoms in total. The summed E-state index contributed by atoms with van der Waals surface area (Å²) >= 11 is 0. The van der Waals surface area contributed by atoms with Crippen LogP contribution in [0.15, 0.2) is 30.3 Å². The summed E-state index contributed by atoms with van der Waals surface area (Å²) < 4.78 is 52.3. The Morgan fingerprint density at radius 3 is 2.31 bits per heavy atom. The quantitative estimate of drug-likeness (QED) is 0.795. The molecule has 2 aromatic carbocycles. The van der Waals surface area contributed by atoms with Crippen LogP contribution in [0.5, 0.6) is 5.75 Å². The summed E-state index contributed by atoms with van der Waals surface area (Å²) in [6, 6.07) is 8.27. The second kappa shape index (κ2) is 6.93. The van der Waals surface area contributed by atoms with Crippen molar-refractivity contribution in [1.82, 2.24) is 5.32 Å². The number of halogens is 3. The fraction of sp³-hybridized carbons (Fsp3) is 0.400. The van der Waals surface area contributed by atoms with Crippen LogP contribution in [0, 0.1) is 17.5 Å². The highest BCUT2D eigenvalue weighted by Gasteiger charge is 2.34. The lowest BCUT2D eigenvalue weighted by Gasteiger charge is -2.20. The smallest absolute Gasteiger partial charge is 0.169 e. The van der Waals surface area contributed by atoms with E-state index in [1.54, 1.807) is 0 Å². The van der Waals surface area contributed by atoms with Crippen LogP contribution in [0.25, 0.3) is 0 Å². The number of nitrogens with one attached hydrogen (secondary N) is 1. The van der Waals surface area contributed by atoms with Crippen LogP contribution in [0.4, 0.5) is 13.2 Å². The lowest BCUT2D eigenvalue weighted by molar-refractivity contribution is 0.0938. The Bertz CT molecular complexity index is 800. The number of hydrogen-bond acceptors (Lipinski definition) is 3. The zero-order chi connectivity index (χ0) is 19.1. The monoisotopic (exact) mass is 365 g/mol. The molecule has 2 unspecified atom stereocenters. The zero-order valence-electron chi connectivity index (χ0n) is 15.2. The molecule has 0 spiro atoms. The van der Waals surface area contributed by atoms with E-state index < -0.39 is 23.7 Å². The average Bonchev–Trinajstić information content (AvgIpc) is 3.06. The van der Waals surface area contributed by atoms with Gasteiger partial charge in [-0.25, -0.2) is 13.2 Å². The molecular formula is C20H22F3NO2. The normalized spacial score (nSPS) is 20.4. The molecular weight excluding hydrogens is 343 g/mol. The van der Waals surface area contributed by atoms with Gasteiger partial charge in [-0.15, -0.1) is 0 Å². The maximum Gasteiger partial charge on any atom is 0.169 e. The third-order valence-electron chi connectivity index (χ3n) is 4.59. The summed E-state index contributed by atoms with van der Waals surface area (Å²) in [6.45, 7) is 6.63. The van der Waals surface area contributed by atoms with E-state index in [4.69, 9.17) is 9.47 Å². The third kappa shape index (κ3) is 3.44. The second-order valence-corrected chi connectivity index (χ2v) is 7.41. The van der Waals surface area contributed by atoms with E-state index >= 15 is 0 Å². The van der Waals surface area contributed by atoms with Gasteiger partial charge in [-0.3, -0.25) is 5.32 Å². The molecule has 0 saturated carbocycles. The van der Waals surface area contributed by atoms with Gasteiger partial charge in [0.25, 0.3) is 0 Å². The molecule has 3 rings (SSSR count). The summed E-state index contributed by atoms with van der Waals surface area (Å²) in [7, 11) is 1.21. The number of benzene rings is 2. The summed E-state index contributed by atoms with van der Waals surface area (Å²) in [5, 5.41) is 3.08. The Kier molecular flexibility index (Phi) is 4.99. The highest BCUT2D eigenvalue weighted by Crippen LogP contribution is 2.37. The lowest BCUT2D eigenvalue weighted by atomic mass is 9.86. The Morgan fingerprint density at radius 1 is 1.08 bits per heavy atom. The molecule has 26 heavy (non-hydrogen) atoms. The minimum atomic E-state index is -1.28. The largest absolute Gasteiger partial charge is 0.493 e. The maximum atomic E-state index is 14.3. The highest BCUT2D eigenvalue weighted by molar-refractivity contribution is 5.39. The molecule has 1 heterocycles. The first-order valence-corrected chi connectivity index (χ1v) is 8.42. The SMILES string of the molecule is COc1c(F)cc(F)c(F)c1C1NC(c2ccc(C(C)(C)C)cc2)CO1. The molecule has 0 aromatic heterocycles. The van der Waals surface area contributed by atoms with Crippen LogP contribution in [0.1, 0.15) is 49.7 Å². The van der Waals surface area contributed by atoms with Crippen LogP contribution in [0.2, 0.25) is 0 Å². The van der Waals surface area contributed by atoms with Gasteiger partial charge in [-0.05, 0) is 16.5 Å². The van der Waals surface area contributed by atoms with E-state index in [-0.39, 0.29) is 29.4 Å². The van der Waals surface area contributed by atoms with E-state index in [0.717, 1.165) is 5.56 Å². The Hall–Kier alpha value is -2.05. The molecule has 0 aliphatic carbocycles. The minimum absolute atomic E-state index is 0.0380. The van der Waals surface area contributed by atoms with Crippen LogP contribution >= 0.6 is 0 Å². The highest BCUT2D eigenvalue weighted by atomic mass is 19.2. The van der Waals surface area contributed by atoms with E-state index in [1.165, 1.54) is 12.7 Å². The van der Waals surface area contributed by atoms with Gasteiger partial charge in [0.1, 0.15) is 6.23 Å². The van der Waals surface area contributed by atoms with Gasteiger partial charge in [0, 0.05) is 6.07 Å². The number of ether oxygens (including phenoxy) is 2. The molecule has 2 atom stereocenters. The summed E-state index contributed by atoms with van der Waals surface area (Å²) in [5.41, 5.74) is 1.89. The first kappa shape index (κ1) is 18.7. The van der Waals surface area contributed by atoms with Crippen molar-refractivity contribution in [3.05, 3.63) is 64.5 Å². The van der Waals surface area contributed by atoms with Gasteiger partial charge < -0.3 is 9.47 Å². The standard InChI is InChI=1S/C20H22F3NO2/c1-20(2,3)12-7-5-11(6-8-12)15-10-26-19(24-15)16-17(23)13(21)9-14(22)18(16)25-4/h5-9,15,19,24H,10H2,1-4H3. The molecule has 0 bridgehead atoms. The predicted octanol–water partition coefficient (Wildman–Crippen LogP) is 4.77. The summed E-state index contributed by atoms with van der Waals surface area (Å²) in [6.07, 6.45) is -0.998. The third-order valence-corrected chi connectivity index (χ3v) is 4.59. The first-order chi connectivity index (χ1) is 12.2. The van der Waals surface area contributed by atoms with Crippen LogP contribution in [0.3, 0.4) is 0 Å². The average molecular weight is 365 g/mol. The Morgan fingerprint density at radius 2 is 1.73 bits per heavy atom. The topological polar surface area (TPSA) is 30.5 Å². The van der Waals surface area contributed by atoms with Crippen molar-refractivity contribution in [2.24, 2.45) is 0 Å². The molecule has 1 aliphatic rings. The van der Waals surface area contributed by atoms with E-state index in [1.807, 2.05) is 24.3 Å². The number of hydrogen-bond donors (Lipinski definition) is 1. The molecule has 1 N–H and O–H groups in total. The molecule has 1 aliphatic heterocycles. The van der Waals surface area contributed by atoms with Gasteiger partial charge in [0.15, 0.2) is 23.2 Å². The van der Waals surface area contributed by atoms with E-state index in [0.29, 0.717) is 6.07 Å². The van der Waals surface area contributed by atoms with Crippen LogP contribution < -0.4 is 10.1 Å². The van der Waals surface area contributed by atoms with Crippen molar-refractivity contribution in [3.8, 4) is 5.75 Å². The van der Waals surface area contributed by atoms with Crippen molar-refractivity contribution in [2.75, 3.05) is 13.7 Å². The van der Waals surface area contributed by atoms with Crippen molar-refractivity contribution >= 4 is 0 Å². The van der Waals surface area contributed by atoms with E-state index in [9.17, 15) is 13.2 Å². The van der Waals surface area contributed by atoms with E-state index in [2.05, 4.69) is 26.1 Å². The van der Waals surface area contributed by atoms with Crippen molar-refractivity contribution in [3.63, 3.8) is 0 Å². The van der Waals surface area contributed by atoms with Crippen LogP contribution in [-0.4, -0.2) is 13.7 Å². The van der Waals surface area contributed by atoms with Crippen molar-refractivity contribution < 1.29 is 22.6 Å². The first-order valence-electron chi connectivity index (χ1n) is 8.42. The summed E-state index contributed by atoms with van der Waals surface area (Å²) in [4.78, 5) is 0. The number of rotatable bonds is 3. The van der Waals surface area contributed by atoms with Crippen molar-refractivity contribution in [2.45, 2.75) is 38.5 Å². The molecule has 1 fully saturated rings. The summed E-state index contributed by atoms with van der Waals surface area (Å²) in [5.74, 6) is -3.78. The molecule has 1 saturated heterocycles. The van der Waals surface area contributed by atoms with Crippen LogP contribution in [-0.2, 0) is 10.2 Å². The fourth-order valence-corrected chi connectivity index (χ4v) is 3.08. The number of methoxy groups -OCH3 is 1. The molecule has 0 amide bonds. The Balaban J connectivity index is 1.86. The molecule has 0 radical (unpaired) electrons. The lowest BCUT2D eigenvalue weighted by Crippen LogP contribution is -2.21. The molecule has 2 aromatic rings. The maximum absolute atomic E-state index is 14.3. The predicted molar refractivity (Wildman–Crippen MR) is 92.6 cm³/mol. The van der Waals surface area contributed by atoms with Gasteiger partial charge >= 0.3 is 0 Å². The molecule has 140 valence electrons. The van der Waals surface area contributed by atoms with Gasteiger partial charge in [0.05, 0.1) is 25.3 Å². The Labute approximate surface area is 151 Å². The van der Waals surface area contributed by atoms with Gasteiger partial charge in [-0.1, -0.05) is 45.0 Å². The van der Waals surface area contributed by atoms with Gasteiger partial charge in [0.2, 0.25) is 0 Å². The van der Waals surface area contributed by atoms with Crippen molar-refractivity contribution in [1.29, 1.82) is 0 Å². The minimum Gasteiger partial charge on any atom is -0.493 e. The fourth-order valence-electron chi connectivity index (χ4n) is 3.08.